The number of nitrogens with one attached hydrogen (secondary N) is 1. The van der Waals surface area contributed by atoms with Crippen LogP contribution in [-0.4, -0.2) is 35.5 Å². The highest BCUT2D eigenvalue weighted by atomic mass is 35.5. The number of carbonyl (C=O) groups excluding carboxylic acids is 1. The lowest BCUT2D eigenvalue weighted by Crippen LogP contribution is -2.43. The van der Waals surface area contributed by atoms with E-state index in [1.54, 1.807) is 29.2 Å². The van der Waals surface area contributed by atoms with E-state index >= 15 is 0 Å². The van der Waals surface area contributed by atoms with E-state index in [1.165, 1.54) is 6.20 Å². The van der Waals surface area contributed by atoms with E-state index < -0.39 is 0 Å². The molecule has 0 unspecified atom stereocenters. The molecule has 0 spiro atoms. The molecular weight excluding hydrogens is 352 g/mol. The largest absolute Gasteiger partial charge is 0.370 e. The summed E-state index contributed by atoms with van der Waals surface area (Å²) in [6.07, 6.45) is 1.27. The van der Waals surface area contributed by atoms with Crippen LogP contribution in [0.25, 0.3) is 10.9 Å². The molecule has 0 radical (unpaired) electrons. The van der Waals surface area contributed by atoms with Gasteiger partial charge in [-0.2, -0.15) is 0 Å². The van der Waals surface area contributed by atoms with Gasteiger partial charge >= 0.3 is 0 Å². The Kier molecular flexibility index (Phi) is 4.49. The maximum atomic E-state index is 12.9. The molecular formula is C20H17ClN2O3. The second-order valence-corrected chi connectivity index (χ2v) is 6.68. The number of nitrogens with zero attached hydrogens (tertiary/aromatic N) is 1. The quantitative estimate of drug-likeness (QED) is 0.754. The van der Waals surface area contributed by atoms with Crippen molar-refractivity contribution in [1.29, 1.82) is 0 Å². The minimum atomic E-state index is -0.278. The van der Waals surface area contributed by atoms with Crippen molar-refractivity contribution in [3.63, 3.8) is 0 Å². The average molecular weight is 369 g/mol. The summed E-state index contributed by atoms with van der Waals surface area (Å²) in [4.78, 5) is 30.3. The summed E-state index contributed by atoms with van der Waals surface area (Å²) in [6.45, 7) is 1.27. The summed E-state index contributed by atoms with van der Waals surface area (Å²) < 4.78 is 5.80. The monoisotopic (exact) mass is 368 g/mol. The SMILES string of the molecule is O=C(c1c[nH]c2ccccc2c1=O)N1CCO[C@H](c2ccc(Cl)cc2)C1. The first-order chi connectivity index (χ1) is 12.6. The molecule has 1 aromatic heterocycles. The number of amides is 1. The predicted octanol–water partition coefficient (Wildman–Crippen LogP) is 3.40. The first-order valence-corrected chi connectivity index (χ1v) is 8.78. The highest BCUT2D eigenvalue weighted by Gasteiger charge is 2.27. The van der Waals surface area contributed by atoms with Crippen molar-refractivity contribution in [2.45, 2.75) is 6.10 Å². The van der Waals surface area contributed by atoms with Crippen LogP contribution in [0.4, 0.5) is 0 Å². The Balaban J connectivity index is 1.61. The number of pyridine rings is 1. The smallest absolute Gasteiger partial charge is 0.259 e. The molecule has 1 aliphatic rings. The lowest BCUT2D eigenvalue weighted by Gasteiger charge is -2.33. The zero-order valence-corrected chi connectivity index (χ0v) is 14.7. The summed E-state index contributed by atoms with van der Waals surface area (Å²) in [6, 6.07) is 14.6. The predicted molar refractivity (Wildman–Crippen MR) is 101 cm³/mol. The first kappa shape index (κ1) is 16.8. The fraction of sp³-hybridized carbons (Fsp3) is 0.200. The van der Waals surface area contributed by atoms with E-state index in [-0.39, 0.29) is 23.0 Å². The summed E-state index contributed by atoms with van der Waals surface area (Å²) in [5.74, 6) is -0.278. The third kappa shape index (κ3) is 3.11. The Morgan fingerprint density at radius 1 is 1.15 bits per heavy atom. The van der Waals surface area contributed by atoms with Crippen molar-refractivity contribution >= 4 is 28.4 Å². The maximum absolute atomic E-state index is 12.9. The number of benzene rings is 2. The van der Waals surface area contributed by atoms with E-state index in [2.05, 4.69) is 4.98 Å². The van der Waals surface area contributed by atoms with Crippen LogP contribution >= 0.6 is 11.6 Å². The van der Waals surface area contributed by atoms with Gasteiger partial charge in [0.05, 0.1) is 13.2 Å². The molecule has 1 fully saturated rings. The molecule has 1 saturated heterocycles. The lowest BCUT2D eigenvalue weighted by atomic mass is 10.1. The molecule has 0 bridgehead atoms. The highest BCUT2D eigenvalue weighted by molar-refractivity contribution is 6.30. The summed E-state index contributed by atoms with van der Waals surface area (Å²) >= 11 is 5.93. The molecule has 1 atom stereocenters. The number of fused-ring (bicyclic) bond motifs is 1. The zero-order valence-electron chi connectivity index (χ0n) is 13.9. The second-order valence-electron chi connectivity index (χ2n) is 6.24. The van der Waals surface area contributed by atoms with Crippen LogP contribution in [0.1, 0.15) is 22.0 Å². The summed E-state index contributed by atoms with van der Waals surface area (Å²) in [5.41, 5.74) is 1.58. The van der Waals surface area contributed by atoms with Crippen LogP contribution < -0.4 is 5.43 Å². The molecule has 4 rings (SSSR count). The number of morpholine rings is 1. The van der Waals surface area contributed by atoms with Gasteiger partial charge in [0.15, 0.2) is 0 Å². The number of halogens is 1. The van der Waals surface area contributed by atoms with Gasteiger partial charge in [-0.3, -0.25) is 9.59 Å². The molecule has 2 heterocycles. The van der Waals surface area contributed by atoms with Crippen molar-refractivity contribution in [2.75, 3.05) is 19.7 Å². The van der Waals surface area contributed by atoms with Crippen molar-refractivity contribution in [1.82, 2.24) is 9.88 Å². The average Bonchev–Trinajstić information content (AvgIpc) is 2.69. The van der Waals surface area contributed by atoms with Crippen LogP contribution in [-0.2, 0) is 4.74 Å². The minimum absolute atomic E-state index is 0.153. The van der Waals surface area contributed by atoms with Crippen molar-refractivity contribution in [2.24, 2.45) is 0 Å². The van der Waals surface area contributed by atoms with Gasteiger partial charge in [-0.05, 0) is 29.8 Å². The molecule has 2 aromatic carbocycles. The number of H-pyrrole nitrogens is 1. The molecule has 1 N–H and O–H groups in total. The van der Waals surface area contributed by atoms with Crippen LogP contribution in [0.2, 0.25) is 5.02 Å². The van der Waals surface area contributed by atoms with Gasteiger partial charge in [-0.1, -0.05) is 35.9 Å². The fourth-order valence-corrected chi connectivity index (χ4v) is 3.34. The fourth-order valence-electron chi connectivity index (χ4n) is 3.21. The van der Waals surface area contributed by atoms with E-state index in [9.17, 15) is 9.59 Å². The number of aromatic nitrogens is 1. The number of hydrogen-bond acceptors (Lipinski definition) is 3. The Bertz CT molecular complexity index is 1010. The molecule has 5 nitrogen and oxygen atoms in total. The van der Waals surface area contributed by atoms with Gasteiger partial charge in [-0.25, -0.2) is 0 Å². The van der Waals surface area contributed by atoms with Crippen molar-refractivity contribution in [3.8, 4) is 0 Å². The third-order valence-electron chi connectivity index (χ3n) is 4.61. The Hall–Kier alpha value is -2.63. The molecule has 1 amide bonds. The van der Waals surface area contributed by atoms with Crippen LogP contribution in [0.5, 0.6) is 0 Å². The van der Waals surface area contributed by atoms with Crippen LogP contribution in [0.15, 0.2) is 59.5 Å². The molecule has 3 aromatic rings. The molecule has 0 aliphatic carbocycles. The van der Waals surface area contributed by atoms with Crippen LogP contribution in [0.3, 0.4) is 0 Å². The number of para-hydroxylation sites is 1. The summed E-state index contributed by atoms with van der Waals surface area (Å²) in [7, 11) is 0. The van der Waals surface area contributed by atoms with E-state index in [0.717, 1.165) is 11.1 Å². The normalized spacial score (nSPS) is 17.4. The molecule has 132 valence electrons. The van der Waals surface area contributed by atoms with Crippen molar-refractivity contribution in [3.05, 3.63) is 81.1 Å². The lowest BCUT2D eigenvalue weighted by molar-refractivity contribution is -0.0228. The van der Waals surface area contributed by atoms with Crippen LogP contribution in [0, 0.1) is 0 Å². The highest BCUT2D eigenvalue weighted by Crippen LogP contribution is 2.24. The van der Waals surface area contributed by atoms with E-state index in [0.29, 0.717) is 30.1 Å². The first-order valence-electron chi connectivity index (χ1n) is 8.40. The van der Waals surface area contributed by atoms with Gasteiger partial charge in [0, 0.05) is 28.7 Å². The topological polar surface area (TPSA) is 62.4 Å². The van der Waals surface area contributed by atoms with Gasteiger partial charge in [0.25, 0.3) is 5.91 Å². The maximum Gasteiger partial charge on any atom is 0.259 e. The van der Waals surface area contributed by atoms with E-state index in [1.807, 2.05) is 24.3 Å². The van der Waals surface area contributed by atoms with Crippen molar-refractivity contribution < 1.29 is 9.53 Å². The number of carbonyl (C=O) groups is 1. The Morgan fingerprint density at radius 3 is 2.73 bits per heavy atom. The van der Waals surface area contributed by atoms with Gasteiger partial charge < -0.3 is 14.6 Å². The molecule has 1 aliphatic heterocycles. The Labute approximate surface area is 155 Å². The number of hydrogen-bond donors (Lipinski definition) is 1. The summed E-state index contributed by atoms with van der Waals surface area (Å²) in [5, 5.41) is 1.17. The van der Waals surface area contributed by atoms with Gasteiger partial charge in [-0.15, -0.1) is 0 Å². The number of rotatable bonds is 2. The molecule has 6 heteroatoms. The molecule has 0 saturated carbocycles. The molecule has 26 heavy (non-hydrogen) atoms. The number of ether oxygens (including phenoxy) is 1. The zero-order chi connectivity index (χ0) is 18.1. The third-order valence-corrected chi connectivity index (χ3v) is 4.87. The Morgan fingerprint density at radius 2 is 1.92 bits per heavy atom. The van der Waals surface area contributed by atoms with Gasteiger partial charge in [0.1, 0.15) is 11.7 Å². The number of aromatic amines is 1. The van der Waals surface area contributed by atoms with Gasteiger partial charge in [0.2, 0.25) is 5.43 Å². The minimum Gasteiger partial charge on any atom is -0.370 e. The standard InChI is InChI=1S/C20H17ClN2O3/c21-14-7-5-13(6-8-14)18-12-23(9-10-26-18)20(25)16-11-22-17-4-2-1-3-15(17)19(16)24/h1-8,11,18H,9-10,12H2,(H,22,24)/t18-/m0/s1. The second kappa shape index (κ2) is 6.94. The van der Waals surface area contributed by atoms with E-state index in [4.69, 9.17) is 16.3 Å².